The Morgan fingerprint density at radius 3 is 2.26 bits per heavy atom. The van der Waals surface area contributed by atoms with Crippen molar-refractivity contribution in [3.63, 3.8) is 0 Å². The Labute approximate surface area is 227 Å². The maximum Gasteiger partial charge on any atom is 0.294 e. The van der Waals surface area contributed by atoms with Gasteiger partial charge in [-0.1, -0.05) is 43.3 Å². The summed E-state index contributed by atoms with van der Waals surface area (Å²) < 4.78 is 81.8. The Hall–Kier alpha value is -2.99. The third-order valence-electron chi connectivity index (χ3n) is 6.09. The van der Waals surface area contributed by atoms with E-state index < -0.39 is 37.9 Å². The van der Waals surface area contributed by atoms with Crippen LogP contribution in [0.4, 0.5) is 13.2 Å². The van der Waals surface area contributed by atoms with Gasteiger partial charge >= 0.3 is 0 Å². The van der Waals surface area contributed by atoms with Gasteiger partial charge in [0.1, 0.15) is 23.2 Å². The molecule has 0 aliphatic carbocycles. The van der Waals surface area contributed by atoms with Crippen LogP contribution in [0.2, 0.25) is 5.02 Å². The van der Waals surface area contributed by atoms with Crippen LogP contribution >= 0.6 is 23.4 Å². The number of nitrogens with zero attached hydrogens (tertiary/aromatic N) is 2. The number of aromatic nitrogens is 2. The molecule has 0 aliphatic rings. The molecule has 0 bridgehead atoms. The second kappa shape index (κ2) is 10.6. The normalized spacial score (nSPS) is 12.1. The van der Waals surface area contributed by atoms with Crippen molar-refractivity contribution in [2.75, 3.05) is 7.11 Å². The third kappa shape index (κ3) is 5.56. The Kier molecular flexibility index (Phi) is 7.85. The molecule has 0 radical (unpaired) electrons. The standard InChI is InChI=1S/C26H22ClF3N2O4S2/c1-26(2,15-4-9-20(27)23(10-15)36-3)24-13-31-25(32(24)17-7-5-16(28)6-8-17)37-14-19-21(29)11-18(12-22(19)30)38(33,34)35/h4-13H,14H2,1-3H3,(H,33,34,35). The van der Waals surface area contributed by atoms with Crippen LogP contribution in [0.15, 0.2) is 70.8 Å². The highest BCUT2D eigenvalue weighted by atomic mass is 35.5. The highest BCUT2D eigenvalue weighted by Crippen LogP contribution is 2.39. The zero-order chi connectivity index (χ0) is 27.8. The highest BCUT2D eigenvalue weighted by Gasteiger charge is 2.30. The summed E-state index contributed by atoms with van der Waals surface area (Å²) in [5.74, 6) is -2.44. The van der Waals surface area contributed by atoms with E-state index in [0.29, 0.717) is 39.4 Å². The van der Waals surface area contributed by atoms with Gasteiger partial charge in [-0.3, -0.25) is 9.12 Å². The number of imidazole rings is 1. The summed E-state index contributed by atoms with van der Waals surface area (Å²) in [6.45, 7) is 3.91. The Morgan fingerprint density at radius 1 is 1.05 bits per heavy atom. The van der Waals surface area contributed by atoms with E-state index in [1.165, 1.54) is 19.2 Å². The fourth-order valence-corrected chi connectivity index (χ4v) is 5.63. The minimum Gasteiger partial charge on any atom is -0.495 e. The molecule has 38 heavy (non-hydrogen) atoms. The van der Waals surface area contributed by atoms with Crippen molar-refractivity contribution in [2.24, 2.45) is 0 Å². The zero-order valence-electron chi connectivity index (χ0n) is 20.4. The number of ether oxygens (including phenoxy) is 1. The topological polar surface area (TPSA) is 81.4 Å². The fourth-order valence-electron chi connectivity index (χ4n) is 3.92. The van der Waals surface area contributed by atoms with Crippen LogP contribution in [0.25, 0.3) is 5.69 Å². The lowest BCUT2D eigenvalue weighted by molar-refractivity contribution is 0.413. The smallest absolute Gasteiger partial charge is 0.294 e. The molecule has 0 saturated carbocycles. The van der Waals surface area contributed by atoms with E-state index >= 15 is 0 Å². The molecule has 6 nitrogen and oxygen atoms in total. The molecule has 4 rings (SSSR count). The van der Waals surface area contributed by atoms with E-state index in [2.05, 4.69) is 4.98 Å². The van der Waals surface area contributed by atoms with Crippen molar-refractivity contribution >= 4 is 33.5 Å². The first kappa shape index (κ1) is 28.0. The van der Waals surface area contributed by atoms with Crippen LogP contribution < -0.4 is 4.74 Å². The van der Waals surface area contributed by atoms with Crippen molar-refractivity contribution in [3.05, 3.63) is 100 Å². The lowest BCUT2D eigenvalue weighted by Gasteiger charge is -2.28. The molecule has 0 spiro atoms. The quantitative estimate of drug-likeness (QED) is 0.181. The van der Waals surface area contributed by atoms with E-state index in [1.54, 1.807) is 35.0 Å². The summed E-state index contributed by atoms with van der Waals surface area (Å²) >= 11 is 7.21. The minimum absolute atomic E-state index is 0.240. The molecule has 1 heterocycles. The van der Waals surface area contributed by atoms with Crippen molar-refractivity contribution in [1.29, 1.82) is 0 Å². The van der Waals surface area contributed by atoms with E-state index in [4.69, 9.17) is 20.9 Å². The summed E-state index contributed by atoms with van der Waals surface area (Å²) in [7, 11) is -3.27. The summed E-state index contributed by atoms with van der Waals surface area (Å²) in [5, 5.41) is 0.803. The molecule has 1 aromatic heterocycles. The van der Waals surface area contributed by atoms with Gasteiger partial charge in [-0.05, 0) is 54.1 Å². The first-order chi connectivity index (χ1) is 17.8. The number of rotatable bonds is 8. The summed E-state index contributed by atoms with van der Waals surface area (Å²) in [6, 6.07) is 12.2. The molecule has 200 valence electrons. The average molecular weight is 583 g/mol. The lowest BCUT2D eigenvalue weighted by atomic mass is 9.81. The SMILES string of the molecule is COc1cc(C(C)(C)c2cnc(SCc3c(F)cc(S(=O)(=O)O)cc3F)n2-c2ccc(F)cc2)ccc1Cl. The first-order valence-electron chi connectivity index (χ1n) is 11.1. The number of hydrogen-bond acceptors (Lipinski definition) is 5. The molecule has 1 N–H and O–H groups in total. The van der Waals surface area contributed by atoms with Gasteiger partial charge in [0.15, 0.2) is 5.16 Å². The second-order valence-corrected chi connectivity index (χ2v) is 11.6. The Bertz CT molecular complexity index is 1580. The maximum absolute atomic E-state index is 14.6. The van der Waals surface area contributed by atoms with Crippen LogP contribution in [0.3, 0.4) is 0 Å². The zero-order valence-corrected chi connectivity index (χ0v) is 22.8. The summed E-state index contributed by atoms with van der Waals surface area (Å²) in [5.41, 5.74) is 1.04. The van der Waals surface area contributed by atoms with Crippen LogP contribution in [-0.2, 0) is 21.3 Å². The first-order valence-corrected chi connectivity index (χ1v) is 13.9. The van der Waals surface area contributed by atoms with Gasteiger partial charge in [0.25, 0.3) is 10.1 Å². The van der Waals surface area contributed by atoms with E-state index in [9.17, 15) is 21.6 Å². The summed E-state index contributed by atoms with van der Waals surface area (Å²) in [6.07, 6.45) is 1.63. The second-order valence-electron chi connectivity index (χ2n) is 8.84. The van der Waals surface area contributed by atoms with Crippen molar-refractivity contribution in [2.45, 2.75) is 35.1 Å². The van der Waals surface area contributed by atoms with Crippen LogP contribution in [-0.4, -0.2) is 29.6 Å². The molecule has 3 aromatic carbocycles. The van der Waals surface area contributed by atoms with Gasteiger partial charge in [-0.15, -0.1) is 0 Å². The van der Waals surface area contributed by atoms with E-state index in [0.717, 1.165) is 17.3 Å². The van der Waals surface area contributed by atoms with Gasteiger partial charge < -0.3 is 4.74 Å². The molecular formula is C26H22ClF3N2O4S2. The fraction of sp³-hybridized carbons (Fsp3) is 0.192. The molecule has 0 atom stereocenters. The number of methoxy groups -OCH3 is 1. The largest absolute Gasteiger partial charge is 0.495 e. The minimum atomic E-state index is -4.78. The van der Waals surface area contributed by atoms with Crippen molar-refractivity contribution in [3.8, 4) is 11.4 Å². The van der Waals surface area contributed by atoms with Gasteiger partial charge in [0.05, 0.1) is 28.9 Å². The van der Waals surface area contributed by atoms with Gasteiger partial charge in [-0.2, -0.15) is 8.42 Å². The number of hydrogen-bond donors (Lipinski definition) is 1. The van der Waals surface area contributed by atoms with Crippen molar-refractivity contribution in [1.82, 2.24) is 9.55 Å². The van der Waals surface area contributed by atoms with Crippen LogP contribution in [0.1, 0.15) is 30.7 Å². The molecule has 0 unspecified atom stereocenters. The maximum atomic E-state index is 14.6. The Balaban J connectivity index is 1.78. The van der Waals surface area contributed by atoms with Crippen LogP contribution in [0, 0.1) is 17.5 Å². The number of benzene rings is 3. The van der Waals surface area contributed by atoms with Gasteiger partial charge in [0.2, 0.25) is 0 Å². The molecule has 12 heteroatoms. The lowest BCUT2D eigenvalue weighted by Crippen LogP contribution is -2.23. The predicted molar refractivity (Wildman–Crippen MR) is 139 cm³/mol. The third-order valence-corrected chi connectivity index (χ3v) is 8.21. The number of halogens is 4. The monoisotopic (exact) mass is 582 g/mol. The molecule has 0 aliphatic heterocycles. The Morgan fingerprint density at radius 2 is 1.68 bits per heavy atom. The van der Waals surface area contributed by atoms with Crippen molar-refractivity contribution < 1.29 is 30.9 Å². The molecule has 0 saturated heterocycles. The summed E-state index contributed by atoms with van der Waals surface area (Å²) in [4.78, 5) is 3.61. The van der Waals surface area contributed by atoms with E-state index in [-0.39, 0.29) is 11.3 Å². The van der Waals surface area contributed by atoms with Crippen LogP contribution in [0.5, 0.6) is 5.75 Å². The van der Waals surface area contributed by atoms with E-state index in [1.807, 2.05) is 19.9 Å². The molecule has 0 fully saturated rings. The predicted octanol–water partition coefficient (Wildman–Crippen LogP) is 6.82. The van der Waals surface area contributed by atoms with Gasteiger partial charge in [0, 0.05) is 22.4 Å². The molecule has 4 aromatic rings. The molecular weight excluding hydrogens is 561 g/mol. The average Bonchev–Trinajstić information content (AvgIpc) is 3.28. The van der Waals surface area contributed by atoms with Gasteiger partial charge in [-0.25, -0.2) is 18.2 Å². The number of thioether (sulfide) groups is 1. The molecule has 0 amide bonds. The highest BCUT2D eigenvalue weighted by molar-refractivity contribution is 7.98.